The van der Waals surface area contributed by atoms with Gasteiger partial charge in [0.25, 0.3) is 5.91 Å². The van der Waals surface area contributed by atoms with Gasteiger partial charge in [-0.05, 0) is 56.2 Å². The molecule has 0 spiro atoms. The number of hydrogen-bond donors (Lipinski definition) is 0. The van der Waals surface area contributed by atoms with Gasteiger partial charge in [-0.1, -0.05) is 6.07 Å². The van der Waals surface area contributed by atoms with Gasteiger partial charge in [0.05, 0.1) is 17.8 Å². The van der Waals surface area contributed by atoms with Gasteiger partial charge < -0.3 is 14.1 Å². The van der Waals surface area contributed by atoms with E-state index in [2.05, 4.69) is 15.0 Å². The number of aryl methyl sites for hydroxylation is 2. The summed E-state index contributed by atoms with van der Waals surface area (Å²) in [6.07, 6.45) is 9.48. The largest absolute Gasteiger partial charge is 0.472 e. The minimum absolute atomic E-state index is 0.00493. The maximum Gasteiger partial charge on any atom is 0.273 e. The molecule has 3 atom stereocenters. The van der Waals surface area contributed by atoms with Crippen molar-refractivity contribution in [3.63, 3.8) is 0 Å². The zero-order valence-corrected chi connectivity index (χ0v) is 17.1. The number of rotatable bonds is 4. The summed E-state index contributed by atoms with van der Waals surface area (Å²) in [5.41, 5.74) is 3.05. The molecule has 1 aliphatic carbocycles. The molecule has 5 heterocycles. The fourth-order valence-electron chi connectivity index (χ4n) is 4.64. The van der Waals surface area contributed by atoms with Crippen LogP contribution in [0.1, 0.15) is 40.9 Å². The molecule has 1 amide bonds. The van der Waals surface area contributed by atoms with Crippen LogP contribution in [-0.2, 0) is 0 Å². The molecule has 3 aliphatic rings. The minimum atomic E-state index is -0.0910. The number of ether oxygens (including phenoxy) is 1. The average Bonchev–Trinajstić information content (AvgIpc) is 3.29. The highest BCUT2D eigenvalue weighted by Crippen LogP contribution is 2.38. The Kier molecular flexibility index (Phi) is 4.73. The molecule has 3 unspecified atom stereocenters. The summed E-state index contributed by atoms with van der Waals surface area (Å²) in [5, 5.41) is 0. The molecule has 2 saturated heterocycles. The van der Waals surface area contributed by atoms with Gasteiger partial charge in [0.15, 0.2) is 0 Å². The lowest BCUT2D eigenvalue weighted by molar-refractivity contribution is -0.0315. The summed E-state index contributed by atoms with van der Waals surface area (Å²) in [5.74, 6) is 1.36. The summed E-state index contributed by atoms with van der Waals surface area (Å²) in [6, 6.07) is 5.76. The smallest absolute Gasteiger partial charge is 0.273 e. The molecule has 3 aromatic heterocycles. The van der Waals surface area contributed by atoms with Gasteiger partial charge in [-0.15, -0.1) is 0 Å². The Labute approximate surface area is 175 Å². The summed E-state index contributed by atoms with van der Waals surface area (Å²) in [7, 11) is 0. The third-order valence-electron chi connectivity index (χ3n) is 6.15. The number of carbonyl (C=O) groups is 1. The van der Waals surface area contributed by atoms with Crippen LogP contribution in [0, 0.1) is 19.8 Å². The Morgan fingerprint density at radius 2 is 2.03 bits per heavy atom. The van der Waals surface area contributed by atoms with Crippen LogP contribution in [0.2, 0.25) is 0 Å². The SMILES string of the molecule is Cc1ccc(OC2CC3CCC2N(C(=O)c2nccc(C)c2-c2ncco2)C3)nc1. The maximum absolute atomic E-state index is 13.6. The third kappa shape index (κ3) is 3.34. The van der Waals surface area contributed by atoms with Crippen LogP contribution >= 0.6 is 0 Å². The number of fused-ring (bicyclic) bond motifs is 3. The van der Waals surface area contributed by atoms with Crippen LogP contribution in [0.15, 0.2) is 47.5 Å². The van der Waals surface area contributed by atoms with E-state index in [1.54, 1.807) is 18.6 Å². The van der Waals surface area contributed by atoms with Gasteiger partial charge in [0, 0.05) is 25.0 Å². The van der Waals surface area contributed by atoms with Crippen molar-refractivity contribution in [1.29, 1.82) is 0 Å². The highest BCUT2D eigenvalue weighted by Gasteiger charge is 2.45. The van der Waals surface area contributed by atoms with E-state index >= 15 is 0 Å². The second-order valence-corrected chi connectivity index (χ2v) is 8.22. The fraction of sp³-hybridized carbons (Fsp3) is 0.391. The predicted molar refractivity (Wildman–Crippen MR) is 110 cm³/mol. The van der Waals surface area contributed by atoms with Crippen molar-refractivity contribution in [2.75, 3.05) is 6.54 Å². The van der Waals surface area contributed by atoms with Gasteiger partial charge in [-0.3, -0.25) is 9.78 Å². The summed E-state index contributed by atoms with van der Waals surface area (Å²) >= 11 is 0. The van der Waals surface area contributed by atoms with Crippen molar-refractivity contribution >= 4 is 5.91 Å². The van der Waals surface area contributed by atoms with Gasteiger partial charge >= 0.3 is 0 Å². The first-order chi connectivity index (χ1) is 14.6. The molecule has 2 aliphatic heterocycles. The molecule has 1 saturated carbocycles. The van der Waals surface area contributed by atoms with E-state index in [9.17, 15) is 4.79 Å². The van der Waals surface area contributed by atoms with Crippen molar-refractivity contribution in [3.05, 3.63) is 59.9 Å². The number of piperidine rings is 2. The third-order valence-corrected chi connectivity index (χ3v) is 6.15. The minimum Gasteiger partial charge on any atom is -0.472 e. The molecule has 7 heteroatoms. The Morgan fingerprint density at radius 3 is 2.77 bits per heavy atom. The van der Waals surface area contributed by atoms with Gasteiger partial charge in [-0.25, -0.2) is 9.97 Å². The molecule has 30 heavy (non-hydrogen) atoms. The molecule has 3 fully saturated rings. The number of oxazole rings is 1. The lowest BCUT2D eigenvalue weighted by Gasteiger charge is -2.49. The molecular weight excluding hydrogens is 380 g/mol. The number of carbonyl (C=O) groups excluding carboxylic acids is 1. The van der Waals surface area contributed by atoms with Crippen LogP contribution in [0.3, 0.4) is 0 Å². The molecule has 154 valence electrons. The van der Waals surface area contributed by atoms with Crippen molar-refractivity contribution < 1.29 is 13.9 Å². The van der Waals surface area contributed by atoms with E-state index in [1.165, 1.54) is 6.26 Å². The molecular formula is C23H24N4O3. The monoisotopic (exact) mass is 404 g/mol. The lowest BCUT2D eigenvalue weighted by Crippen LogP contribution is -2.59. The molecule has 7 nitrogen and oxygen atoms in total. The van der Waals surface area contributed by atoms with Crippen molar-refractivity contribution in [1.82, 2.24) is 19.9 Å². The summed E-state index contributed by atoms with van der Waals surface area (Å²) in [4.78, 5) is 28.6. The van der Waals surface area contributed by atoms with Crippen molar-refractivity contribution in [2.24, 2.45) is 5.92 Å². The van der Waals surface area contributed by atoms with E-state index < -0.39 is 0 Å². The number of hydrogen-bond acceptors (Lipinski definition) is 6. The van der Waals surface area contributed by atoms with Crippen LogP contribution < -0.4 is 4.74 Å². The van der Waals surface area contributed by atoms with E-state index in [-0.39, 0.29) is 18.1 Å². The Morgan fingerprint density at radius 1 is 1.13 bits per heavy atom. The van der Waals surface area contributed by atoms with E-state index in [1.807, 2.05) is 36.9 Å². The maximum atomic E-state index is 13.6. The highest BCUT2D eigenvalue weighted by atomic mass is 16.5. The predicted octanol–water partition coefficient (Wildman–Crippen LogP) is 3.82. The molecule has 0 aromatic carbocycles. The Balaban J connectivity index is 1.44. The number of amides is 1. The second kappa shape index (κ2) is 7.55. The summed E-state index contributed by atoms with van der Waals surface area (Å²) < 4.78 is 11.7. The normalized spacial score (nSPS) is 22.9. The molecule has 2 bridgehead atoms. The van der Waals surface area contributed by atoms with Crippen LogP contribution in [-0.4, -0.2) is 44.4 Å². The van der Waals surface area contributed by atoms with Crippen LogP contribution in [0.5, 0.6) is 5.88 Å². The lowest BCUT2D eigenvalue weighted by atomic mass is 9.77. The standard InChI is InChI=1S/C23H24N4O3/c1-14-3-6-19(26-12-14)30-18-11-16-4-5-17(18)27(13-16)23(28)21-20(15(2)7-8-24-21)22-25-9-10-29-22/h3,6-10,12,16-18H,4-5,11,13H2,1-2H3. The molecule has 3 aromatic rings. The van der Waals surface area contributed by atoms with Crippen LogP contribution in [0.4, 0.5) is 0 Å². The topological polar surface area (TPSA) is 81.4 Å². The van der Waals surface area contributed by atoms with Crippen molar-refractivity contribution in [3.8, 4) is 17.3 Å². The zero-order valence-electron chi connectivity index (χ0n) is 17.1. The molecule has 0 radical (unpaired) electrons. The number of pyridine rings is 2. The fourth-order valence-corrected chi connectivity index (χ4v) is 4.64. The highest BCUT2D eigenvalue weighted by molar-refractivity contribution is 5.99. The van der Waals surface area contributed by atoms with E-state index in [0.717, 1.165) is 36.9 Å². The first-order valence-corrected chi connectivity index (χ1v) is 10.4. The quantitative estimate of drug-likeness (QED) is 0.658. The molecule has 0 N–H and O–H groups in total. The Bertz CT molecular complexity index is 1050. The first-order valence-electron chi connectivity index (χ1n) is 10.4. The van der Waals surface area contributed by atoms with Gasteiger partial charge in [0.2, 0.25) is 11.8 Å². The average molecular weight is 404 g/mol. The van der Waals surface area contributed by atoms with Gasteiger partial charge in [0.1, 0.15) is 18.1 Å². The first kappa shape index (κ1) is 18.8. The molecule has 6 rings (SSSR count). The van der Waals surface area contributed by atoms with Gasteiger partial charge in [-0.2, -0.15) is 0 Å². The van der Waals surface area contributed by atoms with Crippen LogP contribution in [0.25, 0.3) is 11.5 Å². The number of aromatic nitrogens is 3. The second-order valence-electron chi connectivity index (χ2n) is 8.22. The summed E-state index contributed by atoms with van der Waals surface area (Å²) in [6.45, 7) is 4.67. The Hall–Kier alpha value is -3.22. The van der Waals surface area contributed by atoms with E-state index in [4.69, 9.17) is 9.15 Å². The number of nitrogens with zero attached hydrogens (tertiary/aromatic N) is 4. The van der Waals surface area contributed by atoms with E-state index in [0.29, 0.717) is 28.9 Å². The van der Waals surface area contributed by atoms with Crippen molar-refractivity contribution in [2.45, 2.75) is 45.3 Å². The zero-order chi connectivity index (χ0) is 20.7.